The van der Waals surface area contributed by atoms with Gasteiger partial charge in [-0.25, -0.2) is 0 Å². The van der Waals surface area contributed by atoms with Crippen molar-refractivity contribution in [2.45, 2.75) is 12.5 Å². The molecule has 1 aromatic rings. The van der Waals surface area contributed by atoms with Crippen LogP contribution in [0.2, 0.25) is 10.0 Å². The van der Waals surface area contributed by atoms with Crippen molar-refractivity contribution in [3.05, 3.63) is 33.8 Å². The van der Waals surface area contributed by atoms with Crippen LogP contribution in [0.4, 0.5) is 0 Å². The Morgan fingerprint density at radius 1 is 1.31 bits per heavy atom. The zero-order valence-corrected chi connectivity index (χ0v) is 8.65. The molecule has 0 saturated carbocycles. The number of nitrogens with two attached hydrogens (primary N) is 2. The molecule has 0 radical (unpaired) electrons. The molecule has 1 unspecified atom stereocenters. The molecule has 0 aliphatic carbocycles. The molecule has 0 spiro atoms. The van der Waals surface area contributed by atoms with Crippen molar-refractivity contribution in [2.24, 2.45) is 11.5 Å². The molecule has 0 heterocycles. The van der Waals surface area contributed by atoms with Gasteiger partial charge in [-0.1, -0.05) is 29.3 Å². The first kappa shape index (κ1) is 10.8. The van der Waals surface area contributed by atoms with Gasteiger partial charge in [0.25, 0.3) is 0 Å². The van der Waals surface area contributed by atoms with Gasteiger partial charge in [0, 0.05) is 22.6 Å². The fourth-order valence-electron chi connectivity index (χ4n) is 1.05. The third kappa shape index (κ3) is 3.16. The highest BCUT2D eigenvalue weighted by Crippen LogP contribution is 2.21. The van der Waals surface area contributed by atoms with E-state index in [0.717, 1.165) is 5.56 Å². The zero-order chi connectivity index (χ0) is 9.84. The van der Waals surface area contributed by atoms with Crippen LogP contribution in [0, 0.1) is 0 Å². The summed E-state index contributed by atoms with van der Waals surface area (Å²) in [7, 11) is 0. The summed E-state index contributed by atoms with van der Waals surface area (Å²) in [6.07, 6.45) is 0.687. The second-order valence-electron chi connectivity index (χ2n) is 2.94. The van der Waals surface area contributed by atoms with Gasteiger partial charge < -0.3 is 11.5 Å². The second-order valence-corrected chi connectivity index (χ2v) is 3.78. The van der Waals surface area contributed by atoms with E-state index in [1.165, 1.54) is 0 Å². The molecule has 0 saturated heterocycles. The minimum atomic E-state index is -0.0429. The van der Waals surface area contributed by atoms with Crippen LogP contribution in [0.1, 0.15) is 5.56 Å². The zero-order valence-electron chi connectivity index (χ0n) is 7.13. The van der Waals surface area contributed by atoms with Crippen LogP contribution in [-0.4, -0.2) is 12.6 Å². The first-order chi connectivity index (χ1) is 6.13. The fourth-order valence-corrected chi connectivity index (χ4v) is 1.54. The highest BCUT2D eigenvalue weighted by atomic mass is 35.5. The maximum absolute atomic E-state index is 5.95. The lowest BCUT2D eigenvalue weighted by Gasteiger charge is -2.09. The minimum Gasteiger partial charge on any atom is -0.329 e. The lowest BCUT2D eigenvalue weighted by Crippen LogP contribution is -2.31. The van der Waals surface area contributed by atoms with Crippen molar-refractivity contribution in [1.82, 2.24) is 0 Å². The summed E-state index contributed by atoms with van der Waals surface area (Å²) in [5.74, 6) is 0. The molecule has 1 atom stereocenters. The van der Waals surface area contributed by atoms with Gasteiger partial charge in [0.2, 0.25) is 0 Å². The van der Waals surface area contributed by atoms with E-state index >= 15 is 0 Å². The maximum Gasteiger partial charge on any atom is 0.0453 e. The Hall–Kier alpha value is -0.280. The molecule has 72 valence electrons. The van der Waals surface area contributed by atoms with E-state index in [4.69, 9.17) is 34.7 Å². The highest BCUT2D eigenvalue weighted by molar-refractivity contribution is 6.35. The van der Waals surface area contributed by atoms with Gasteiger partial charge >= 0.3 is 0 Å². The lowest BCUT2D eigenvalue weighted by molar-refractivity contribution is 0.679. The average molecular weight is 219 g/mol. The van der Waals surface area contributed by atoms with Crippen LogP contribution in [0.5, 0.6) is 0 Å². The van der Waals surface area contributed by atoms with Gasteiger partial charge in [-0.2, -0.15) is 0 Å². The number of halogens is 2. The first-order valence-electron chi connectivity index (χ1n) is 4.03. The monoisotopic (exact) mass is 218 g/mol. The Morgan fingerprint density at radius 3 is 2.54 bits per heavy atom. The molecule has 0 amide bonds. The number of rotatable bonds is 3. The van der Waals surface area contributed by atoms with Crippen molar-refractivity contribution < 1.29 is 0 Å². The minimum absolute atomic E-state index is 0.0429. The van der Waals surface area contributed by atoms with Crippen LogP contribution in [0.15, 0.2) is 18.2 Å². The molecule has 0 aliphatic heterocycles. The van der Waals surface area contributed by atoms with E-state index in [2.05, 4.69) is 0 Å². The molecule has 4 N–H and O–H groups in total. The van der Waals surface area contributed by atoms with Crippen molar-refractivity contribution in [3.8, 4) is 0 Å². The Kier molecular flexibility index (Phi) is 4.00. The third-order valence-electron chi connectivity index (χ3n) is 1.80. The van der Waals surface area contributed by atoms with Crippen molar-refractivity contribution in [3.63, 3.8) is 0 Å². The Labute approximate surface area is 87.8 Å². The average Bonchev–Trinajstić information content (AvgIpc) is 2.09. The summed E-state index contributed by atoms with van der Waals surface area (Å²) in [4.78, 5) is 0. The predicted molar refractivity (Wildman–Crippen MR) is 57.2 cm³/mol. The van der Waals surface area contributed by atoms with Crippen LogP contribution in [0.3, 0.4) is 0 Å². The largest absolute Gasteiger partial charge is 0.329 e. The normalized spacial score (nSPS) is 12.9. The number of hydrogen-bond donors (Lipinski definition) is 2. The third-order valence-corrected chi connectivity index (χ3v) is 2.39. The molecule has 1 aromatic carbocycles. The van der Waals surface area contributed by atoms with E-state index in [9.17, 15) is 0 Å². The molecule has 0 aromatic heterocycles. The molecule has 0 aliphatic rings. The van der Waals surface area contributed by atoms with Crippen molar-refractivity contribution in [1.29, 1.82) is 0 Å². The molecule has 0 fully saturated rings. The Morgan fingerprint density at radius 2 is 2.00 bits per heavy atom. The molecule has 13 heavy (non-hydrogen) atoms. The SMILES string of the molecule is NCC(N)Cc1ccc(Cl)cc1Cl. The predicted octanol–water partition coefficient (Wildman–Crippen LogP) is 1.82. The van der Waals surface area contributed by atoms with E-state index in [1.807, 2.05) is 6.07 Å². The summed E-state index contributed by atoms with van der Waals surface area (Å²) in [6, 6.07) is 5.34. The van der Waals surface area contributed by atoms with Crippen LogP contribution < -0.4 is 11.5 Å². The fraction of sp³-hybridized carbons (Fsp3) is 0.333. The van der Waals surface area contributed by atoms with Gasteiger partial charge in [0.15, 0.2) is 0 Å². The van der Waals surface area contributed by atoms with Gasteiger partial charge in [0.05, 0.1) is 0 Å². The van der Waals surface area contributed by atoms with E-state index in [1.54, 1.807) is 12.1 Å². The number of hydrogen-bond acceptors (Lipinski definition) is 2. The first-order valence-corrected chi connectivity index (χ1v) is 4.78. The van der Waals surface area contributed by atoms with E-state index < -0.39 is 0 Å². The summed E-state index contributed by atoms with van der Waals surface area (Å²) in [5.41, 5.74) is 12.1. The van der Waals surface area contributed by atoms with Gasteiger partial charge in [-0.3, -0.25) is 0 Å². The molecular weight excluding hydrogens is 207 g/mol. The summed E-state index contributed by atoms with van der Waals surface area (Å²) >= 11 is 11.7. The summed E-state index contributed by atoms with van der Waals surface area (Å²) < 4.78 is 0. The molecular formula is C9H12Cl2N2. The molecule has 2 nitrogen and oxygen atoms in total. The molecule has 1 rings (SSSR count). The number of benzene rings is 1. The second kappa shape index (κ2) is 4.82. The highest BCUT2D eigenvalue weighted by Gasteiger charge is 2.05. The Bertz CT molecular complexity index is 289. The molecule has 0 bridgehead atoms. The van der Waals surface area contributed by atoms with Gasteiger partial charge in [-0.15, -0.1) is 0 Å². The van der Waals surface area contributed by atoms with Gasteiger partial charge in [0.1, 0.15) is 0 Å². The van der Waals surface area contributed by atoms with Crippen molar-refractivity contribution >= 4 is 23.2 Å². The lowest BCUT2D eigenvalue weighted by atomic mass is 10.1. The van der Waals surface area contributed by atoms with Crippen LogP contribution in [-0.2, 0) is 6.42 Å². The summed E-state index contributed by atoms with van der Waals surface area (Å²) in [5, 5.41) is 1.28. The smallest absolute Gasteiger partial charge is 0.0453 e. The maximum atomic E-state index is 5.95. The molecule has 4 heteroatoms. The van der Waals surface area contributed by atoms with Crippen LogP contribution >= 0.6 is 23.2 Å². The van der Waals surface area contributed by atoms with Crippen LogP contribution in [0.25, 0.3) is 0 Å². The van der Waals surface area contributed by atoms with Crippen molar-refractivity contribution in [2.75, 3.05) is 6.54 Å². The van der Waals surface area contributed by atoms with E-state index in [-0.39, 0.29) is 6.04 Å². The topological polar surface area (TPSA) is 52.0 Å². The Balaban J connectivity index is 2.77. The standard InChI is InChI=1S/C9H12Cl2N2/c10-7-2-1-6(9(11)4-7)3-8(13)5-12/h1-2,4,8H,3,5,12-13H2. The van der Waals surface area contributed by atoms with Gasteiger partial charge in [-0.05, 0) is 24.1 Å². The summed E-state index contributed by atoms with van der Waals surface area (Å²) in [6.45, 7) is 0.457. The quantitative estimate of drug-likeness (QED) is 0.814. The van der Waals surface area contributed by atoms with E-state index in [0.29, 0.717) is 23.0 Å².